The largest absolute Gasteiger partial charge is 0.436 e. The average Bonchev–Trinajstić information content (AvgIpc) is 3.03. The molecule has 7 nitrogen and oxygen atoms in total. The number of hydrogen-bond donors (Lipinski definition) is 0. The second-order valence-corrected chi connectivity index (χ2v) is 5.39. The molecule has 0 bridgehead atoms. The lowest BCUT2D eigenvalue weighted by atomic mass is 10.2. The molecule has 0 fully saturated rings. The van der Waals surface area contributed by atoms with Gasteiger partial charge in [-0.3, -0.25) is 9.36 Å². The van der Waals surface area contributed by atoms with Crippen LogP contribution in [0.3, 0.4) is 0 Å². The minimum Gasteiger partial charge on any atom is -0.436 e. The van der Waals surface area contributed by atoms with Crippen LogP contribution in [0.2, 0.25) is 0 Å². The highest BCUT2D eigenvalue weighted by atomic mass is 19.1. The summed E-state index contributed by atoms with van der Waals surface area (Å²) in [6, 6.07) is 11.7. The summed E-state index contributed by atoms with van der Waals surface area (Å²) in [6.07, 6.45) is 0.948. The van der Waals surface area contributed by atoms with Gasteiger partial charge in [0, 0.05) is 18.7 Å². The molecule has 0 atom stereocenters. The van der Waals surface area contributed by atoms with Gasteiger partial charge in [-0.2, -0.15) is 9.78 Å². The van der Waals surface area contributed by atoms with Crippen LogP contribution in [0.15, 0.2) is 62.7 Å². The molecule has 0 saturated carbocycles. The molecule has 0 amide bonds. The smallest absolute Gasteiger partial charge is 0.352 e. The van der Waals surface area contributed by atoms with Gasteiger partial charge in [-0.15, -0.1) is 0 Å². The first-order valence-electron chi connectivity index (χ1n) is 7.36. The zero-order valence-electron chi connectivity index (χ0n) is 13.0. The number of halogens is 1. The van der Waals surface area contributed by atoms with E-state index in [4.69, 9.17) is 4.42 Å². The summed E-state index contributed by atoms with van der Waals surface area (Å²) < 4.78 is 21.7. The molecular formula is C17H11FN4O3. The van der Waals surface area contributed by atoms with Crippen molar-refractivity contribution in [2.45, 2.75) is 0 Å². The third-order valence-corrected chi connectivity index (χ3v) is 3.79. The Labute approximate surface area is 139 Å². The van der Waals surface area contributed by atoms with Crippen molar-refractivity contribution >= 4 is 11.1 Å². The first-order valence-corrected chi connectivity index (χ1v) is 7.36. The number of aromatic nitrogens is 4. The Hall–Kier alpha value is -3.55. The van der Waals surface area contributed by atoms with Crippen LogP contribution >= 0.6 is 0 Å². The van der Waals surface area contributed by atoms with Crippen LogP contribution in [-0.4, -0.2) is 19.3 Å². The Morgan fingerprint density at radius 3 is 2.64 bits per heavy atom. The summed E-state index contributed by atoms with van der Waals surface area (Å²) >= 11 is 0. The summed E-state index contributed by atoms with van der Waals surface area (Å²) in [4.78, 5) is 27.9. The molecule has 2 heterocycles. The predicted octanol–water partition coefficient (Wildman–Crippen LogP) is 1.88. The molecule has 2 aromatic carbocycles. The van der Waals surface area contributed by atoms with Crippen LogP contribution in [0.1, 0.15) is 0 Å². The molecular weight excluding hydrogens is 327 g/mol. The van der Waals surface area contributed by atoms with Gasteiger partial charge in [0.1, 0.15) is 17.4 Å². The highest BCUT2D eigenvalue weighted by molar-refractivity contribution is 5.78. The summed E-state index contributed by atoms with van der Waals surface area (Å²) in [6.45, 7) is 0. The van der Waals surface area contributed by atoms with Crippen molar-refractivity contribution in [3.8, 4) is 17.1 Å². The van der Waals surface area contributed by atoms with E-state index in [-0.39, 0.29) is 11.3 Å². The quantitative estimate of drug-likeness (QED) is 0.557. The molecule has 0 aliphatic carbocycles. The first-order chi connectivity index (χ1) is 12.0. The molecule has 0 spiro atoms. The monoisotopic (exact) mass is 338 g/mol. The molecule has 0 radical (unpaired) electrons. The van der Waals surface area contributed by atoms with Crippen LogP contribution in [0.4, 0.5) is 4.39 Å². The Bertz CT molecular complexity index is 1210. The van der Waals surface area contributed by atoms with Gasteiger partial charge in [0.05, 0.1) is 0 Å². The molecule has 0 aliphatic rings. The van der Waals surface area contributed by atoms with E-state index in [1.807, 2.05) is 30.3 Å². The van der Waals surface area contributed by atoms with Crippen molar-refractivity contribution < 1.29 is 8.81 Å². The zero-order valence-corrected chi connectivity index (χ0v) is 13.0. The van der Waals surface area contributed by atoms with Crippen molar-refractivity contribution in [3.63, 3.8) is 0 Å². The molecule has 124 valence electrons. The number of rotatable bonds is 2. The van der Waals surface area contributed by atoms with Crippen LogP contribution in [0, 0.1) is 5.82 Å². The van der Waals surface area contributed by atoms with E-state index < -0.39 is 17.1 Å². The zero-order chi connectivity index (χ0) is 17.6. The number of nitrogens with zero attached hydrogens (tertiary/aromatic N) is 4. The summed E-state index contributed by atoms with van der Waals surface area (Å²) in [5.41, 5.74) is -0.0667. The van der Waals surface area contributed by atoms with Gasteiger partial charge in [0.2, 0.25) is 5.89 Å². The van der Waals surface area contributed by atoms with Gasteiger partial charge in [-0.05, 0) is 18.2 Å². The predicted molar refractivity (Wildman–Crippen MR) is 88.0 cm³/mol. The second kappa shape index (κ2) is 5.52. The molecule has 8 heteroatoms. The Morgan fingerprint density at radius 2 is 1.88 bits per heavy atom. The molecule has 0 aliphatic heterocycles. The number of fused-ring (bicyclic) bond motifs is 1. The van der Waals surface area contributed by atoms with Gasteiger partial charge >= 0.3 is 5.69 Å². The van der Waals surface area contributed by atoms with Crippen molar-refractivity contribution in [2.75, 3.05) is 0 Å². The van der Waals surface area contributed by atoms with Gasteiger partial charge in [-0.1, -0.05) is 18.2 Å². The normalized spacial score (nSPS) is 11.1. The minimum absolute atomic E-state index is 0.110. The highest BCUT2D eigenvalue weighted by Crippen LogP contribution is 2.26. The summed E-state index contributed by atoms with van der Waals surface area (Å²) in [7, 11) is 1.29. The second-order valence-electron chi connectivity index (χ2n) is 5.39. The summed E-state index contributed by atoms with van der Waals surface area (Å²) in [5, 5.41) is 3.71. The SMILES string of the molecule is Cn1c(=O)cnn(-c2cc3nc(-c4ccccc4)oc3cc2F)c1=O. The standard InChI is InChI=1S/C17H11FN4O3/c1-21-15(23)9-19-22(17(21)24)13-8-12-14(7-11(13)18)25-16(20-12)10-5-3-2-4-6-10/h2-9H,1H3. The number of oxazole rings is 1. The molecule has 25 heavy (non-hydrogen) atoms. The fourth-order valence-electron chi connectivity index (χ4n) is 2.45. The van der Waals surface area contributed by atoms with Crippen molar-refractivity contribution in [1.82, 2.24) is 19.3 Å². The van der Waals surface area contributed by atoms with Gasteiger partial charge in [0.15, 0.2) is 11.4 Å². The van der Waals surface area contributed by atoms with E-state index in [1.54, 1.807) is 0 Å². The van der Waals surface area contributed by atoms with Gasteiger partial charge < -0.3 is 4.42 Å². The van der Waals surface area contributed by atoms with Crippen LogP contribution in [-0.2, 0) is 7.05 Å². The number of hydrogen-bond acceptors (Lipinski definition) is 5. The topological polar surface area (TPSA) is 82.9 Å². The lowest BCUT2D eigenvalue weighted by Gasteiger charge is -2.06. The highest BCUT2D eigenvalue weighted by Gasteiger charge is 2.16. The maximum Gasteiger partial charge on any atom is 0.352 e. The van der Waals surface area contributed by atoms with Gasteiger partial charge in [0.25, 0.3) is 5.56 Å². The fraction of sp³-hybridized carbons (Fsp3) is 0.0588. The van der Waals surface area contributed by atoms with Crippen molar-refractivity contribution in [3.05, 3.63) is 75.3 Å². The lowest BCUT2D eigenvalue weighted by Crippen LogP contribution is -2.38. The van der Waals surface area contributed by atoms with Crippen molar-refractivity contribution in [1.29, 1.82) is 0 Å². The van der Waals surface area contributed by atoms with Crippen LogP contribution < -0.4 is 11.2 Å². The fourth-order valence-corrected chi connectivity index (χ4v) is 2.45. The maximum atomic E-state index is 14.5. The summed E-state index contributed by atoms with van der Waals surface area (Å²) in [5.74, 6) is -0.371. The third-order valence-electron chi connectivity index (χ3n) is 3.79. The maximum absolute atomic E-state index is 14.5. The molecule has 0 saturated heterocycles. The molecule has 4 rings (SSSR count). The van der Waals surface area contributed by atoms with E-state index in [1.165, 1.54) is 13.1 Å². The van der Waals surface area contributed by atoms with E-state index >= 15 is 0 Å². The minimum atomic E-state index is -0.752. The Kier molecular flexibility index (Phi) is 3.31. The van der Waals surface area contributed by atoms with E-state index in [0.717, 1.165) is 27.1 Å². The average molecular weight is 338 g/mol. The van der Waals surface area contributed by atoms with Crippen molar-refractivity contribution in [2.24, 2.45) is 7.05 Å². The lowest BCUT2D eigenvalue weighted by molar-refractivity contribution is 0.578. The van der Waals surface area contributed by atoms with Crippen LogP contribution in [0.25, 0.3) is 28.2 Å². The van der Waals surface area contributed by atoms with E-state index in [9.17, 15) is 14.0 Å². The molecule has 0 N–H and O–H groups in total. The van der Waals surface area contributed by atoms with E-state index in [0.29, 0.717) is 11.4 Å². The Morgan fingerprint density at radius 1 is 1.12 bits per heavy atom. The first kappa shape index (κ1) is 15.0. The number of benzene rings is 2. The molecule has 4 aromatic rings. The Balaban J connectivity index is 1.92. The molecule has 0 unspecified atom stereocenters. The third kappa shape index (κ3) is 2.44. The van der Waals surface area contributed by atoms with E-state index in [2.05, 4.69) is 10.1 Å². The van der Waals surface area contributed by atoms with Gasteiger partial charge in [-0.25, -0.2) is 14.2 Å². The molecule has 2 aromatic heterocycles. The van der Waals surface area contributed by atoms with Crippen LogP contribution in [0.5, 0.6) is 0 Å².